The Morgan fingerprint density at radius 2 is 2.08 bits per heavy atom. The third-order valence-corrected chi connectivity index (χ3v) is 1.87. The monoisotopic (exact) mass is 162 g/mol. The van der Waals surface area contributed by atoms with Gasteiger partial charge >= 0.3 is 0 Å². The maximum Gasteiger partial charge on any atom is 0.0455 e. The van der Waals surface area contributed by atoms with Gasteiger partial charge < -0.3 is 10.7 Å². The fourth-order valence-electron chi connectivity index (χ4n) is 1.11. The first-order valence-electron chi connectivity index (χ1n) is 4.08. The van der Waals surface area contributed by atoms with Crippen molar-refractivity contribution in [1.82, 2.24) is 5.32 Å². The lowest BCUT2D eigenvalue weighted by Crippen LogP contribution is -2.28. The van der Waals surface area contributed by atoms with Crippen molar-refractivity contribution in [2.45, 2.75) is 12.5 Å². The standard InChI is InChI=1S/C10H14N2/c1-12-10(8-11)7-9-5-3-2-4-6-9/h2-6,8,10-12H,7H2,1H3. The second-order valence-corrected chi connectivity index (χ2v) is 2.75. The van der Waals surface area contributed by atoms with Crippen molar-refractivity contribution >= 4 is 6.21 Å². The molecule has 0 aliphatic heterocycles. The number of hydrogen-bond acceptors (Lipinski definition) is 2. The van der Waals surface area contributed by atoms with Crippen LogP contribution in [0.3, 0.4) is 0 Å². The second kappa shape index (κ2) is 4.67. The number of benzene rings is 1. The molecular weight excluding hydrogens is 148 g/mol. The third-order valence-electron chi connectivity index (χ3n) is 1.87. The molecule has 0 radical (unpaired) electrons. The summed E-state index contributed by atoms with van der Waals surface area (Å²) >= 11 is 0. The van der Waals surface area contributed by atoms with Crippen LogP contribution in [0.1, 0.15) is 5.56 Å². The molecule has 1 atom stereocenters. The van der Waals surface area contributed by atoms with E-state index < -0.39 is 0 Å². The molecule has 0 amide bonds. The average Bonchev–Trinajstić information content (AvgIpc) is 2.16. The molecule has 0 heterocycles. The van der Waals surface area contributed by atoms with Crippen molar-refractivity contribution in [3.63, 3.8) is 0 Å². The molecule has 64 valence electrons. The maximum absolute atomic E-state index is 7.12. The van der Waals surface area contributed by atoms with Crippen molar-refractivity contribution in [1.29, 1.82) is 5.41 Å². The highest BCUT2D eigenvalue weighted by Crippen LogP contribution is 2.01. The van der Waals surface area contributed by atoms with Gasteiger partial charge in [0.05, 0.1) is 0 Å². The zero-order valence-corrected chi connectivity index (χ0v) is 7.25. The van der Waals surface area contributed by atoms with Crippen LogP contribution in [-0.2, 0) is 6.42 Å². The molecule has 0 aromatic heterocycles. The molecule has 2 heteroatoms. The van der Waals surface area contributed by atoms with E-state index in [4.69, 9.17) is 5.41 Å². The lowest BCUT2D eigenvalue weighted by molar-refractivity contribution is 0.704. The molecule has 12 heavy (non-hydrogen) atoms. The first-order valence-corrected chi connectivity index (χ1v) is 4.08. The van der Waals surface area contributed by atoms with Crippen LogP contribution in [0.15, 0.2) is 30.3 Å². The van der Waals surface area contributed by atoms with E-state index in [0.29, 0.717) is 0 Å². The van der Waals surface area contributed by atoms with Gasteiger partial charge in [-0.2, -0.15) is 0 Å². The van der Waals surface area contributed by atoms with Gasteiger partial charge in [-0.05, 0) is 19.0 Å². The highest BCUT2D eigenvalue weighted by atomic mass is 14.9. The predicted octanol–water partition coefficient (Wildman–Crippen LogP) is 1.47. The van der Waals surface area contributed by atoms with E-state index in [1.165, 1.54) is 11.8 Å². The molecule has 0 aliphatic carbocycles. The van der Waals surface area contributed by atoms with Crippen LogP contribution in [0.4, 0.5) is 0 Å². The topological polar surface area (TPSA) is 35.9 Å². The van der Waals surface area contributed by atoms with Gasteiger partial charge in [0, 0.05) is 12.3 Å². The first kappa shape index (κ1) is 8.94. The van der Waals surface area contributed by atoms with E-state index in [-0.39, 0.29) is 6.04 Å². The zero-order chi connectivity index (χ0) is 8.81. The van der Waals surface area contributed by atoms with Crippen molar-refractivity contribution in [2.24, 2.45) is 0 Å². The average molecular weight is 162 g/mol. The van der Waals surface area contributed by atoms with Crippen LogP contribution in [0.5, 0.6) is 0 Å². The number of nitrogens with one attached hydrogen (secondary N) is 2. The number of likely N-dealkylation sites (N-methyl/N-ethyl adjacent to an activating group) is 1. The summed E-state index contributed by atoms with van der Waals surface area (Å²) in [7, 11) is 1.87. The molecule has 0 saturated carbocycles. The Kier molecular flexibility index (Phi) is 3.48. The minimum Gasteiger partial charge on any atom is -0.312 e. The lowest BCUT2D eigenvalue weighted by Gasteiger charge is -2.09. The summed E-state index contributed by atoms with van der Waals surface area (Å²) in [5.74, 6) is 0. The van der Waals surface area contributed by atoms with Crippen LogP contribution >= 0.6 is 0 Å². The van der Waals surface area contributed by atoms with Crippen molar-refractivity contribution in [3.05, 3.63) is 35.9 Å². The Morgan fingerprint density at radius 1 is 1.42 bits per heavy atom. The van der Waals surface area contributed by atoms with E-state index in [2.05, 4.69) is 17.4 Å². The highest BCUT2D eigenvalue weighted by molar-refractivity contribution is 5.61. The van der Waals surface area contributed by atoms with Crippen LogP contribution in [-0.4, -0.2) is 19.3 Å². The Bertz CT molecular complexity index is 231. The molecule has 2 nitrogen and oxygen atoms in total. The van der Waals surface area contributed by atoms with Gasteiger partial charge in [0.15, 0.2) is 0 Å². The first-order chi connectivity index (χ1) is 5.86. The minimum atomic E-state index is 0.160. The minimum absolute atomic E-state index is 0.160. The van der Waals surface area contributed by atoms with Gasteiger partial charge in [-0.15, -0.1) is 0 Å². The molecular formula is C10H14N2. The summed E-state index contributed by atoms with van der Waals surface area (Å²) in [4.78, 5) is 0. The van der Waals surface area contributed by atoms with Crippen LogP contribution < -0.4 is 5.32 Å². The normalized spacial score (nSPS) is 12.4. The Balaban J connectivity index is 2.56. The molecule has 0 saturated heterocycles. The van der Waals surface area contributed by atoms with E-state index in [0.717, 1.165) is 6.42 Å². The largest absolute Gasteiger partial charge is 0.312 e. The SMILES string of the molecule is CNC(C=N)Cc1ccccc1. The molecule has 0 bridgehead atoms. The Hall–Kier alpha value is -1.15. The number of rotatable bonds is 4. The fraction of sp³-hybridized carbons (Fsp3) is 0.300. The quantitative estimate of drug-likeness (QED) is 0.646. The van der Waals surface area contributed by atoms with Crippen molar-refractivity contribution < 1.29 is 0 Å². The van der Waals surface area contributed by atoms with Gasteiger partial charge in [0.1, 0.15) is 0 Å². The smallest absolute Gasteiger partial charge is 0.0455 e. The molecule has 0 aliphatic rings. The van der Waals surface area contributed by atoms with E-state index >= 15 is 0 Å². The molecule has 1 aromatic carbocycles. The summed E-state index contributed by atoms with van der Waals surface area (Å²) in [6.45, 7) is 0. The molecule has 1 aromatic rings. The van der Waals surface area contributed by atoms with Crippen LogP contribution in [0.2, 0.25) is 0 Å². The van der Waals surface area contributed by atoms with E-state index in [9.17, 15) is 0 Å². The molecule has 2 N–H and O–H groups in total. The fourth-order valence-corrected chi connectivity index (χ4v) is 1.11. The lowest BCUT2D eigenvalue weighted by atomic mass is 10.1. The van der Waals surface area contributed by atoms with Gasteiger partial charge in [0.25, 0.3) is 0 Å². The summed E-state index contributed by atoms with van der Waals surface area (Å²) in [6.07, 6.45) is 2.33. The van der Waals surface area contributed by atoms with E-state index in [1.807, 2.05) is 25.2 Å². The van der Waals surface area contributed by atoms with Gasteiger partial charge in [-0.1, -0.05) is 30.3 Å². The van der Waals surface area contributed by atoms with Gasteiger partial charge in [-0.25, -0.2) is 0 Å². The summed E-state index contributed by atoms with van der Waals surface area (Å²) in [5.41, 5.74) is 1.26. The molecule has 1 unspecified atom stereocenters. The van der Waals surface area contributed by atoms with E-state index in [1.54, 1.807) is 0 Å². The second-order valence-electron chi connectivity index (χ2n) is 2.75. The Labute approximate surface area is 73.1 Å². The van der Waals surface area contributed by atoms with Crippen molar-refractivity contribution in [2.75, 3.05) is 7.05 Å². The molecule has 0 spiro atoms. The summed E-state index contributed by atoms with van der Waals surface area (Å²) < 4.78 is 0. The van der Waals surface area contributed by atoms with Crippen LogP contribution in [0.25, 0.3) is 0 Å². The highest BCUT2D eigenvalue weighted by Gasteiger charge is 2.01. The van der Waals surface area contributed by atoms with Crippen molar-refractivity contribution in [3.8, 4) is 0 Å². The molecule has 1 rings (SSSR count). The summed E-state index contributed by atoms with van der Waals surface area (Å²) in [6, 6.07) is 10.4. The van der Waals surface area contributed by atoms with Gasteiger partial charge in [-0.3, -0.25) is 0 Å². The molecule has 0 fully saturated rings. The third kappa shape index (κ3) is 2.47. The maximum atomic E-state index is 7.12. The Morgan fingerprint density at radius 3 is 2.58 bits per heavy atom. The predicted molar refractivity (Wildman–Crippen MR) is 51.8 cm³/mol. The van der Waals surface area contributed by atoms with Gasteiger partial charge in [0.2, 0.25) is 0 Å². The summed E-state index contributed by atoms with van der Waals surface area (Å²) in [5, 5.41) is 10.2. The zero-order valence-electron chi connectivity index (χ0n) is 7.25. The number of hydrogen-bond donors (Lipinski definition) is 2. The van der Waals surface area contributed by atoms with Crippen LogP contribution in [0, 0.1) is 5.41 Å².